The molecule has 0 aromatic heterocycles. The highest BCUT2D eigenvalue weighted by molar-refractivity contribution is 6.30. The van der Waals surface area contributed by atoms with Crippen molar-refractivity contribution >= 4 is 11.6 Å². The number of rotatable bonds is 4. The van der Waals surface area contributed by atoms with Gasteiger partial charge in [-0.3, -0.25) is 0 Å². The van der Waals surface area contributed by atoms with E-state index in [4.69, 9.17) is 11.6 Å². The second-order valence-electron chi connectivity index (χ2n) is 5.86. The third-order valence-electron chi connectivity index (χ3n) is 4.49. The number of benzene rings is 2. The van der Waals surface area contributed by atoms with Crippen LogP contribution in [0.2, 0.25) is 5.02 Å². The summed E-state index contributed by atoms with van der Waals surface area (Å²) in [5.41, 5.74) is 4.35. The van der Waals surface area contributed by atoms with Crippen molar-refractivity contribution in [3.8, 4) is 0 Å². The molecule has 2 heteroatoms. The molecule has 0 heterocycles. The zero-order chi connectivity index (χ0) is 14.7. The Bertz CT molecular complexity index is 608. The van der Waals surface area contributed by atoms with E-state index >= 15 is 0 Å². The lowest BCUT2D eigenvalue weighted by Crippen LogP contribution is -2.31. The summed E-state index contributed by atoms with van der Waals surface area (Å²) < 4.78 is 0. The molecular formula is C19H22ClN. The lowest BCUT2D eigenvalue weighted by molar-refractivity contribution is 0.330. The second kappa shape index (κ2) is 6.64. The molecule has 110 valence electrons. The summed E-state index contributed by atoms with van der Waals surface area (Å²) in [5, 5.41) is 4.49. The van der Waals surface area contributed by atoms with Crippen molar-refractivity contribution in [3.63, 3.8) is 0 Å². The molecule has 0 aliphatic heterocycles. The minimum Gasteiger partial charge on any atom is -0.310 e. The van der Waals surface area contributed by atoms with Crippen molar-refractivity contribution in [2.24, 2.45) is 5.92 Å². The van der Waals surface area contributed by atoms with E-state index in [1.54, 1.807) is 0 Å². The molecule has 2 aromatic carbocycles. The van der Waals surface area contributed by atoms with E-state index in [0.717, 1.165) is 18.0 Å². The molecule has 2 atom stereocenters. The van der Waals surface area contributed by atoms with E-state index in [-0.39, 0.29) is 0 Å². The Kier molecular flexibility index (Phi) is 4.62. The van der Waals surface area contributed by atoms with Crippen molar-refractivity contribution in [2.45, 2.75) is 32.2 Å². The molecule has 2 aromatic rings. The van der Waals surface area contributed by atoms with Crippen molar-refractivity contribution in [3.05, 3.63) is 70.2 Å². The van der Waals surface area contributed by atoms with Gasteiger partial charge < -0.3 is 5.32 Å². The van der Waals surface area contributed by atoms with Gasteiger partial charge in [0.1, 0.15) is 0 Å². The molecule has 0 radical (unpaired) electrons. The highest BCUT2D eigenvalue weighted by Crippen LogP contribution is 2.34. The maximum atomic E-state index is 6.18. The van der Waals surface area contributed by atoms with Gasteiger partial charge >= 0.3 is 0 Å². The zero-order valence-corrected chi connectivity index (χ0v) is 13.2. The minimum absolute atomic E-state index is 0.391. The van der Waals surface area contributed by atoms with Gasteiger partial charge in [0.15, 0.2) is 0 Å². The van der Waals surface area contributed by atoms with Crippen LogP contribution < -0.4 is 5.32 Å². The molecule has 0 spiro atoms. The van der Waals surface area contributed by atoms with E-state index in [1.807, 2.05) is 6.07 Å². The Morgan fingerprint density at radius 1 is 1.14 bits per heavy atom. The van der Waals surface area contributed by atoms with Gasteiger partial charge in [0.25, 0.3) is 0 Å². The first kappa shape index (κ1) is 14.6. The summed E-state index contributed by atoms with van der Waals surface area (Å²) in [4.78, 5) is 0. The molecule has 3 rings (SSSR count). The first-order valence-corrected chi connectivity index (χ1v) is 8.21. The van der Waals surface area contributed by atoms with Crippen molar-refractivity contribution in [2.75, 3.05) is 6.54 Å². The molecule has 0 bridgehead atoms. The third kappa shape index (κ3) is 3.30. The molecule has 0 amide bonds. The fraction of sp³-hybridized carbons (Fsp3) is 0.368. The van der Waals surface area contributed by atoms with Crippen LogP contribution in [0.25, 0.3) is 0 Å². The standard InChI is InChI=1S/C19H22ClN/c1-2-21-19(16-8-5-9-18(20)13-16)17-11-10-14-6-3-4-7-15(14)12-17/h3-9,13,17,19,21H,2,10-12H2,1H3. The summed E-state index contributed by atoms with van der Waals surface area (Å²) in [5.74, 6) is 0.637. The Hall–Kier alpha value is -1.31. The van der Waals surface area contributed by atoms with Gasteiger partial charge in [0.05, 0.1) is 0 Å². The minimum atomic E-state index is 0.391. The van der Waals surface area contributed by atoms with Gasteiger partial charge in [-0.25, -0.2) is 0 Å². The van der Waals surface area contributed by atoms with Crippen molar-refractivity contribution in [1.82, 2.24) is 5.32 Å². The first-order valence-electron chi connectivity index (χ1n) is 7.83. The SMILES string of the molecule is CCNC(c1cccc(Cl)c1)C1CCc2ccccc2C1. The van der Waals surface area contributed by atoms with E-state index < -0.39 is 0 Å². The number of aryl methyl sites for hydroxylation is 1. The fourth-order valence-electron chi connectivity index (χ4n) is 3.49. The van der Waals surface area contributed by atoms with Crippen LogP contribution in [-0.2, 0) is 12.8 Å². The Balaban J connectivity index is 1.85. The van der Waals surface area contributed by atoms with Crippen LogP contribution in [0.5, 0.6) is 0 Å². The number of hydrogen-bond donors (Lipinski definition) is 1. The first-order chi connectivity index (χ1) is 10.3. The second-order valence-corrected chi connectivity index (χ2v) is 6.30. The predicted octanol–water partition coefficient (Wildman–Crippen LogP) is 4.80. The van der Waals surface area contributed by atoms with Crippen LogP contribution in [0.15, 0.2) is 48.5 Å². The summed E-state index contributed by atoms with van der Waals surface area (Å²) in [7, 11) is 0. The average molecular weight is 300 g/mol. The van der Waals surface area contributed by atoms with Crippen LogP contribution in [0.4, 0.5) is 0 Å². The molecule has 1 aliphatic carbocycles. The zero-order valence-electron chi connectivity index (χ0n) is 12.5. The van der Waals surface area contributed by atoms with Gasteiger partial charge in [-0.1, -0.05) is 54.9 Å². The maximum absolute atomic E-state index is 6.18. The summed E-state index contributed by atoms with van der Waals surface area (Å²) in [6, 6.07) is 17.6. The average Bonchev–Trinajstić information content (AvgIpc) is 2.52. The summed E-state index contributed by atoms with van der Waals surface area (Å²) >= 11 is 6.18. The van der Waals surface area contributed by atoms with E-state index in [9.17, 15) is 0 Å². The quantitative estimate of drug-likeness (QED) is 0.855. The number of fused-ring (bicyclic) bond motifs is 1. The van der Waals surface area contributed by atoms with Gasteiger partial charge in [-0.2, -0.15) is 0 Å². The lowest BCUT2D eigenvalue weighted by atomic mass is 9.78. The van der Waals surface area contributed by atoms with Crippen LogP contribution in [-0.4, -0.2) is 6.54 Å². The maximum Gasteiger partial charge on any atom is 0.0409 e. The Labute approximate surface area is 132 Å². The van der Waals surface area contributed by atoms with Gasteiger partial charge in [0.2, 0.25) is 0 Å². The molecule has 1 aliphatic rings. The van der Waals surface area contributed by atoms with Crippen molar-refractivity contribution in [1.29, 1.82) is 0 Å². The van der Waals surface area contributed by atoms with Crippen LogP contribution >= 0.6 is 11.6 Å². The third-order valence-corrected chi connectivity index (χ3v) is 4.72. The molecule has 0 saturated heterocycles. The number of halogens is 1. The smallest absolute Gasteiger partial charge is 0.0409 e. The summed E-state index contributed by atoms with van der Waals surface area (Å²) in [6.45, 7) is 3.16. The van der Waals surface area contributed by atoms with E-state index in [0.29, 0.717) is 12.0 Å². The molecule has 0 fully saturated rings. The van der Waals surface area contributed by atoms with Gasteiger partial charge in [-0.15, -0.1) is 0 Å². The molecule has 0 saturated carbocycles. The van der Waals surface area contributed by atoms with Crippen LogP contribution in [0, 0.1) is 5.92 Å². The molecule has 1 nitrogen and oxygen atoms in total. The molecular weight excluding hydrogens is 278 g/mol. The molecule has 2 unspecified atom stereocenters. The highest BCUT2D eigenvalue weighted by atomic mass is 35.5. The molecule has 1 N–H and O–H groups in total. The largest absolute Gasteiger partial charge is 0.310 e. The lowest BCUT2D eigenvalue weighted by Gasteiger charge is -2.32. The molecule has 21 heavy (non-hydrogen) atoms. The Morgan fingerprint density at radius 3 is 2.71 bits per heavy atom. The van der Waals surface area contributed by atoms with Gasteiger partial charge in [0, 0.05) is 11.1 Å². The Morgan fingerprint density at radius 2 is 1.95 bits per heavy atom. The number of hydrogen-bond acceptors (Lipinski definition) is 1. The van der Waals surface area contributed by atoms with E-state index in [1.165, 1.54) is 29.5 Å². The normalized spacial score (nSPS) is 19.0. The number of nitrogens with one attached hydrogen (secondary N) is 1. The topological polar surface area (TPSA) is 12.0 Å². The van der Waals surface area contributed by atoms with Crippen LogP contribution in [0.3, 0.4) is 0 Å². The van der Waals surface area contributed by atoms with Gasteiger partial charge in [-0.05, 0) is 60.5 Å². The summed E-state index contributed by atoms with van der Waals surface area (Å²) in [6.07, 6.45) is 3.57. The predicted molar refractivity (Wildman–Crippen MR) is 89.8 cm³/mol. The van der Waals surface area contributed by atoms with E-state index in [2.05, 4.69) is 54.7 Å². The monoisotopic (exact) mass is 299 g/mol. The highest BCUT2D eigenvalue weighted by Gasteiger charge is 2.26. The fourth-order valence-corrected chi connectivity index (χ4v) is 3.69. The van der Waals surface area contributed by atoms with Crippen molar-refractivity contribution < 1.29 is 0 Å². The van der Waals surface area contributed by atoms with Crippen LogP contribution in [0.1, 0.15) is 36.1 Å².